The average molecular weight is 313 g/mol. The molecule has 21 heavy (non-hydrogen) atoms. The van der Waals surface area contributed by atoms with E-state index in [1.807, 2.05) is 6.92 Å². The van der Waals surface area contributed by atoms with Crippen LogP contribution in [-0.4, -0.2) is 32.1 Å². The number of anilines is 2. The Morgan fingerprint density at radius 3 is 2.57 bits per heavy atom. The van der Waals surface area contributed by atoms with Gasteiger partial charge in [0.25, 0.3) is 5.91 Å². The van der Waals surface area contributed by atoms with Crippen LogP contribution in [0.3, 0.4) is 0 Å². The molecule has 0 radical (unpaired) electrons. The quantitative estimate of drug-likeness (QED) is 0.672. The van der Waals surface area contributed by atoms with E-state index in [2.05, 4.69) is 24.5 Å². The van der Waals surface area contributed by atoms with Gasteiger partial charge in [0, 0.05) is 13.1 Å². The highest BCUT2D eigenvalue weighted by Gasteiger charge is 2.25. The van der Waals surface area contributed by atoms with Gasteiger partial charge in [-0.2, -0.15) is 0 Å². The van der Waals surface area contributed by atoms with Crippen molar-refractivity contribution in [2.45, 2.75) is 27.2 Å². The summed E-state index contributed by atoms with van der Waals surface area (Å²) in [5, 5.41) is 6.45. The first-order valence-corrected chi connectivity index (χ1v) is 7.76. The van der Waals surface area contributed by atoms with Gasteiger partial charge in [0.15, 0.2) is 0 Å². The number of nitrogens with two attached hydrogens (primary N) is 1. The molecule has 1 amide bonds. The fraction of sp³-hybridized carbons (Fsp3) is 0.571. The lowest BCUT2D eigenvalue weighted by Gasteiger charge is -2.08. The van der Waals surface area contributed by atoms with Crippen LogP contribution in [0.2, 0.25) is 0 Å². The summed E-state index contributed by atoms with van der Waals surface area (Å²) in [7, 11) is 1.29. The Morgan fingerprint density at radius 2 is 2.05 bits per heavy atom. The van der Waals surface area contributed by atoms with Gasteiger partial charge in [-0.3, -0.25) is 4.79 Å². The molecule has 6 nitrogen and oxygen atoms in total. The van der Waals surface area contributed by atoms with Crippen molar-refractivity contribution in [2.75, 3.05) is 31.2 Å². The van der Waals surface area contributed by atoms with E-state index in [4.69, 9.17) is 10.5 Å². The standard InChI is InChI=1S/C14H23N3O3S/c1-5-16-12(18)11-10(15)9(14(19)20-4)13(21-11)17-7-6-8(2)3/h8,17H,5-7,15H2,1-4H3,(H,16,18). The van der Waals surface area contributed by atoms with Crippen molar-refractivity contribution in [1.82, 2.24) is 5.32 Å². The van der Waals surface area contributed by atoms with E-state index in [0.717, 1.165) is 6.42 Å². The smallest absolute Gasteiger partial charge is 0.343 e. The van der Waals surface area contributed by atoms with Crippen LogP contribution in [0.25, 0.3) is 0 Å². The van der Waals surface area contributed by atoms with Gasteiger partial charge in [0.2, 0.25) is 0 Å². The molecule has 1 aromatic rings. The number of amides is 1. The highest BCUT2D eigenvalue weighted by molar-refractivity contribution is 7.19. The molecule has 1 rings (SSSR count). The predicted molar refractivity (Wildman–Crippen MR) is 86.0 cm³/mol. The SMILES string of the molecule is CCNC(=O)c1sc(NCCC(C)C)c(C(=O)OC)c1N. The number of nitrogen functional groups attached to an aromatic ring is 1. The summed E-state index contributed by atoms with van der Waals surface area (Å²) in [5.41, 5.74) is 6.37. The summed E-state index contributed by atoms with van der Waals surface area (Å²) in [6, 6.07) is 0. The minimum Gasteiger partial charge on any atom is -0.465 e. The largest absolute Gasteiger partial charge is 0.465 e. The molecule has 4 N–H and O–H groups in total. The van der Waals surface area contributed by atoms with Gasteiger partial charge in [0.1, 0.15) is 15.4 Å². The normalized spacial score (nSPS) is 10.5. The zero-order valence-corrected chi connectivity index (χ0v) is 13.7. The maximum absolute atomic E-state index is 12.0. The summed E-state index contributed by atoms with van der Waals surface area (Å²) < 4.78 is 4.75. The molecular weight excluding hydrogens is 290 g/mol. The number of hydrogen-bond donors (Lipinski definition) is 3. The summed E-state index contributed by atoms with van der Waals surface area (Å²) in [5.74, 6) is -0.271. The molecular formula is C14H23N3O3S. The average Bonchev–Trinajstić information content (AvgIpc) is 2.75. The maximum atomic E-state index is 12.0. The maximum Gasteiger partial charge on any atom is 0.343 e. The molecule has 0 fully saturated rings. The Labute approximate surface area is 129 Å². The number of carbonyl (C=O) groups is 2. The molecule has 7 heteroatoms. The second-order valence-corrected chi connectivity index (χ2v) is 6.03. The summed E-state index contributed by atoms with van der Waals surface area (Å²) in [6.45, 7) is 7.26. The molecule has 0 aliphatic rings. The van der Waals surface area contributed by atoms with Crippen LogP contribution in [-0.2, 0) is 4.74 Å². The first-order valence-electron chi connectivity index (χ1n) is 6.94. The van der Waals surface area contributed by atoms with Crippen LogP contribution in [0.4, 0.5) is 10.7 Å². The fourth-order valence-corrected chi connectivity index (χ4v) is 2.81. The number of thiophene rings is 1. The lowest BCUT2D eigenvalue weighted by Crippen LogP contribution is -2.22. The molecule has 1 aromatic heterocycles. The minimum atomic E-state index is -0.536. The van der Waals surface area contributed by atoms with Crippen LogP contribution in [0.5, 0.6) is 0 Å². The highest BCUT2D eigenvalue weighted by Crippen LogP contribution is 2.36. The van der Waals surface area contributed by atoms with E-state index in [0.29, 0.717) is 28.9 Å². The van der Waals surface area contributed by atoms with E-state index < -0.39 is 5.97 Å². The van der Waals surface area contributed by atoms with E-state index in [1.165, 1.54) is 18.4 Å². The van der Waals surface area contributed by atoms with Crippen molar-refractivity contribution in [3.05, 3.63) is 10.4 Å². The van der Waals surface area contributed by atoms with E-state index in [9.17, 15) is 9.59 Å². The van der Waals surface area contributed by atoms with Gasteiger partial charge >= 0.3 is 5.97 Å². The molecule has 0 aliphatic carbocycles. The summed E-state index contributed by atoms with van der Waals surface area (Å²) in [4.78, 5) is 24.2. The monoisotopic (exact) mass is 313 g/mol. The minimum absolute atomic E-state index is 0.171. The Hall–Kier alpha value is -1.76. The number of rotatable bonds is 7. The Balaban J connectivity index is 3.06. The number of ether oxygens (including phenoxy) is 1. The topological polar surface area (TPSA) is 93.5 Å². The fourth-order valence-electron chi connectivity index (χ4n) is 1.76. The first kappa shape index (κ1) is 17.3. The first-order chi connectivity index (χ1) is 9.92. The van der Waals surface area contributed by atoms with Crippen molar-refractivity contribution in [3.63, 3.8) is 0 Å². The third kappa shape index (κ3) is 4.35. The Morgan fingerprint density at radius 1 is 1.38 bits per heavy atom. The van der Waals surface area contributed by atoms with E-state index in [1.54, 1.807) is 0 Å². The number of methoxy groups -OCH3 is 1. The van der Waals surface area contributed by atoms with Crippen molar-refractivity contribution < 1.29 is 14.3 Å². The van der Waals surface area contributed by atoms with E-state index >= 15 is 0 Å². The molecule has 0 spiro atoms. The molecule has 0 aromatic carbocycles. The van der Waals surface area contributed by atoms with Gasteiger partial charge in [-0.05, 0) is 19.3 Å². The molecule has 0 aliphatic heterocycles. The van der Waals surface area contributed by atoms with Gasteiger partial charge in [0.05, 0.1) is 12.8 Å². The molecule has 0 saturated carbocycles. The third-order valence-electron chi connectivity index (χ3n) is 2.89. The molecule has 0 atom stereocenters. The van der Waals surface area contributed by atoms with Crippen molar-refractivity contribution in [3.8, 4) is 0 Å². The van der Waals surface area contributed by atoms with Crippen LogP contribution in [0, 0.1) is 5.92 Å². The summed E-state index contributed by atoms with van der Waals surface area (Å²) >= 11 is 1.18. The van der Waals surface area contributed by atoms with Gasteiger partial charge in [-0.25, -0.2) is 4.79 Å². The third-order valence-corrected chi connectivity index (χ3v) is 4.05. The van der Waals surface area contributed by atoms with Crippen molar-refractivity contribution >= 4 is 33.9 Å². The van der Waals surface area contributed by atoms with Crippen LogP contribution in [0.15, 0.2) is 0 Å². The Bertz CT molecular complexity index is 512. The molecule has 1 heterocycles. The zero-order chi connectivity index (χ0) is 16.0. The van der Waals surface area contributed by atoms with Gasteiger partial charge in [-0.15, -0.1) is 11.3 Å². The zero-order valence-electron chi connectivity index (χ0n) is 12.9. The number of esters is 1. The van der Waals surface area contributed by atoms with Crippen LogP contribution < -0.4 is 16.4 Å². The van der Waals surface area contributed by atoms with E-state index in [-0.39, 0.29) is 17.2 Å². The van der Waals surface area contributed by atoms with Crippen LogP contribution in [0.1, 0.15) is 47.2 Å². The predicted octanol–water partition coefficient (Wildman–Crippen LogP) is 2.32. The second-order valence-electron chi connectivity index (χ2n) is 5.01. The number of nitrogens with one attached hydrogen (secondary N) is 2. The second kappa shape index (κ2) is 7.87. The lowest BCUT2D eigenvalue weighted by molar-refractivity contribution is 0.0603. The Kier molecular flexibility index (Phi) is 6.48. The van der Waals surface area contributed by atoms with Crippen molar-refractivity contribution in [2.24, 2.45) is 5.92 Å². The molecule has 0 bridgehead atoms. The lowest BCUT2D eigenvalue weighted by atomic mass is 10.1. The van der Waals surface area contributed by atoms with Gasteiger partial charge < -0.3 is 21.1 Å². The number of hydrogen-bond acceptors (Lipinski definition) is 6. The highest BCUT2D eigenvalue weighted by atomic mass is 32.1. The molecule has 118 valence electrons. The molecule has 0 saturated heterocycles. The summed E-state index contributed by atoms with van der Waals surface area (Å²) in [6.07, 6.45) is 0.953. The van der Waals surface area contributed by atoms with Crippen LogP contribution >= 0.6 is 11.3 Å². The van der Waals surface area contributed by atoms with Gasteiger partial charge in [-0.1, -0.05) is 13.8 Å². The number of carbonyl (C=O) groups excluding carboxylic acids is 2. The molecule has 0 unspecified atom stereocenters. The van der Waals surface area contributed by atoms with Crippen molar-refractivity contribution in [1.29, 1.82) is 0 Å².